The van der Waals surface area contributed by atoms with Gasteiger partial charge >= 0.3 is 0 Å². The van der Waals surface area contributed by atoms with E-state index in [4.69, 9.17) is 13.9 Å². The van der Waals surface area contributed by atoms with Gasteiger partial charge in [0.15, 0.2) is 0 Å². The highest BCUT2D eigenvalue weighted by Crippen LogP contribution is 2.32. The van der Waals surface area contributed by atoms with Crippen molar-refractivity contribution in [2.24, 2.45) is 5.92 Å². The zero-order chi connectivity index (χ0) is 22.7. The number of piperidine rings is 1. The first-order valence-corrected chi connectivity index (χ1v) is 11.0. The predicted molar refractivity (Wildman–Crippen MR) is 122 cm³/mol. The van der Waals surface area contributed by atoms with Gasteiger partial charge in [-0.2, -0.15) is 0 Å². The second-order valence-corrected chi connectivity index (χ2v) is 8.16. The van der Waals surface area contributed by atoms with Crippen LogP contribution in [0.2, 0.25) is 0 Å². The van der Waals surface area contributed by atoms with Crippen LogP contribution in [0.4, 0.5) is 5.82 Å². The Morgan fingerprint density at radius 2 is 2.09 bits per heavy atom. The minimum Gasteiger partial charge on any atom is -0.497 e. The number of benzene rings is 1. The fourth-order valence-corrected chi connectivity index (χ4v) is 4.31. The molecule has 1 aromatic carbocycles. The summed E-state index contributed by atoms with van der Waals surface area (Å²) in [6, 6.07) is 5.74. The number of furan rings is 1. The van der Waals surface area contributed by atoms with E-state index in [9.17, 15) is 4.79 Å². The van der Waals surface area contributed by atoms with Crippen molar-refractivity contribution < 1.29 is 18.7 Å². The number of anilines is 1. The van der Waals surface area contributed by atoms with Gasteiger partial charge < -0.3 is 24.1 Å². The summed E-state index contributed by atoms with van der Waals surface area (Å²) < 4.78 is 16.5. The van der Waals surface area contributed by atoms with Crippen molar-refractivity contribution in [3.05, 3.63) is 41.4 Å². The Hall–Kier alpha value is -3.29. The molecule has 3 aromatic rings. The van der Waals surface area contributed by atoms with Crippen LogP contribution in [-0.4, -0.2) is 49.7 Å². The lowest BCUT2D eigenvalue weighted by Gasteiger charge is -2.33. The standard InChI is InChI=1S/C24H30N4O4/c1-15-16(2)32-24-21(15)22(26-14-27-24)28-11-5-6-18(13-28)23(29)25-10-9-17-7-8-19(30-3)12-20(17)31-4/h7-8,12,14,18H,5-6,9-11,13H2,1-4H3,(H,25,29)/t18-/m0/s1. The molecule has 1 amide bonds. The molecule has 0 bridgehead atoms. The van der Waals surface area contributed by atoms with Crippen LogP contribution in [0.25, 0.3) is 11.1 Å². The van der Waals surface area contributed by atoms with Gasteiger partial charge in [0.1, 0.15) is 29.4 Å². The molecule has 1 saturated heterocycles. The van der Waals surface area contributed by atoms with Crippen molar-refractivity contribution in [3.8, 4) is 11.5 Å². The third-order valence-electron chi connectivity index (χ3n) is 6.22. The van der Waals surface area contributed by atoms with Crippen LogP contribution in [0, 0.1) is 19.8 Å². The lowest BCUT2D eigenvalue weighted by molar-refractivity contribution is -0.125. The monoisotopic (exact) mass is 438 g/mol. The Labute approximate surface area is 187 Å². The fraction of sp³-hybridized carbons (Fsp3) is 0.458. The van der Waals surface area contributed by atoms with E-state index in [-0.39, 0.29) is 11.8 Å². The van der Waals surface area contributed by atoms with Gasteiger partial charge in [-0.25, -0.2) is 9.97 Å². The van der Waals surface area contributed by atoms with Gasteiger partial charge in [0.05, 0.1) is 25.5 Å². The normalized spacial score (nSPS) is 16.2. The fourth-order valence-electron chi connectivity index (χ4n) is 4.31. The molecule has 1 fully saturated rings. The Bertz CT molecular complexity index is 1110. The Kier molecular flexibility index (Phi) is 6.48. The quantitative estimate of drug-likeness (QED) is 0.604. The second kappa shape index (κ2) is 9.46. The van der Waals surface area contributed by atoms with E-state index in [1.165, 1.54) is 6.33 Å². The summed E-state index contributed by atoms with van der Waals surface area (Å²) in [5, 5.41) is 4.04. The summed E-state index contributed by atoms with van der Waals surface area (Å²) in [4.78, 5) is 23.9. The van der Waals surface area contributed by atoms with Crippen LogP contribution in [0.5, 0.6) is 11.5 Å². The van der Waals surface area contributed by atoms with Crippen molar-refractivity contribution in [2.75, 3.05) is 38.8 Å². The number of hydrogen-bond donors (Lipinski definition) is 1. The summed E-state index contributed by atoms with van der Waals surface area (Å²) in [6.45, 7) is 6.01. The molecular formula is C24H30N4O4. The first-order chi connectivity index (χ1) is 15.5. The van der Waals surface area contributed by atoms with E-state index < -0.39 is 0 Å². The number of nitrogens with zero attached hydrogens (tertiary/aromatic N) is 3. The minimum atomic E-state index is -0.0835. The molecule has 0 radical (unpaired) electrons. The predicted octanol–water partition coefficient (Wildman–Crippen LogP) is 3.43. The summed E-state index contributed by atoms with van der Waals surface area (Å²) in [5.41, 5.74) is 2.69. The maximum Gasteiger partial charge on any atom is 0.231 e. The molecule has 4 rings (SSSR count). The van der Waals surface area contributed by atoms with Crippen molar-refractivity contribution in [2.45, 2.75) is 33.1 Å². The van der Waals surface area contributed by atoms with Crippen LogP contribution < -0.4 is 19.7 Å². The molecule has 0 saturated carbocycles. The van der Waals surface area contributed by atoms with Crippen LogP contribution in [0.3, 0.4) is 0 Å². The summed E-state index contributed by atoms with van der Waals surface area (Å²) in [5.74, 6) is 3.21. The van der Waals surface area contributed by atoms with E-state index in [0.29, 0.717) is 25.2 Å². The summed E-state index contributed by atoms with van der Waals surface area (Å²) >= 11 is 0. The van der Waals surface area contributed by atoms with Gasteiger partial charge in [-0.05, 0) is 44.7 Å². The second-order valence-electron chi connectivity index (χ2n) is 8.16. The van der Waals surface area contributed by atoms with E-state index in [0.717, 1.165) is 59.0 Å². The topological polar surface area (TPSA) is 89.7 Å². The van der Waals surface area contributed by atoms with Gasteiger partial charge in [-0.1, -0.05) is 6.07 Å². The number of aryl methyl sites for hydroxylation is 2. The molecule has 8 nitrogen and oxygen atoms in total. The van der Waals surface area contributed by atoms with Crippen molar-refractivity contribution in [1.29, 1.82) is 0 Å². The largest absolute Gasteiger partial charge is 0.497 e. The van der Waals surface area contributed by atoms with Crippen molar-refractivity contribution in [1.82, 2.24) is 15.3 Å². The highest BCUT2D eigenvalue weighted by molar-refractivity contribution is 5.90. The molecule has 3 heterocycles. The number of carbonyl (C=O) groups excluding carboxylic acids is 1. The Morgan fingerprint density at radius 3 is 2.88 bits per heavy atom. The lowest BCUT2D eigenvalue weighted by atomic mass is 9.96. The molecule has 1 atom stereocenters. The molecule has 0 aliphatic carbocycles. The molecule has 1 N–H and O–H groups in total. The van der Waals surface area contributed by atoms with Crippen LogP contribution in [0.1, 0.15) is 29.7 Å². The van der Waals surface area contributed by atoms with Crippen molar-refractivity contribution >= 4 is 22.8 Å². The number of fused-ring (bicyclic) bond motifs is 1. The number of aromatic nitrogens is 2. The maximum atomic E-state index is 12.9. The molecule has 8 heteroatoms. The van der Waals surface area contributed by atoms with Crippen molar-refractivity contribution in [3.63, 3.8) is 0 Å². The zero-order valence-electron chi connectivity index (χ0n) is 19.1. The number of carbonyl (C=O) groups is 1. The zero-order valence-corrected chi connectivity index (χ0v) is 19.1. The lowest BCUT2D eigenvalue weighted by Crippen LogP contribution is -2.43. The van der Waals surface area contributed by atoms with Crippen LogP contribution in [0.15, 0.2) is 28.9 Å². The molecule has 1 aliphatic rings. The van der Waals surface area contributed by atoms with Gasteiger partial charge in [-0.15, -0.1) is 0 Å². The average Bonchev–Trinajstić information content (AvgIpc) is 3.12. The molecule has 1 aliphatic heterocycles. The van der Waals surface area contributed by atoms with Gasteiger partial charge in [-0.3, -0.25) is 4.79 Å². The number of ether oxygens (including phenoxy) is 2. The maximum absolute atomic E-state index is 12.9. The summed E-state index contributed by atoms with van der Waals surface area (Å²) in [7, 11) is 3.27. The Morgan fingerprint density at radius 1 is 1.25 bits per heavy atom. The average molecular weight is 439 g/mol. The molecule has 170 valence electrons. The van der Waals surface area contributed by atoms with E-state index in [1.54, 1.807) is 14.2 Å². The SMILES string of the molecule is COc1ccc(CCNC(=O)[C@H]2CCCN(c3ncnc4oc(C)c(C)c34)C2)c(OC)c1. The number of hydrogen-bond acceptors (Lipinski definition) is 7. The van der Waals surface area contributed by atoms with Crippen LogP contribution in [-0.2, 0) is 11.2 Å². The highest BCUT2D eigenvalue weighted by atomic mass is 16.5. The Balaban J connectivity index is 1.40. The molecular weight excluding hydrogens is 408 g/mol. The molecule has 2 aromatic heterocycles. The number of nitrogens with one attached hydrogen (secondary N) is 1. The first-order valence-electron chi connectivity index (χ1n) is 11.0. The van der Waals surface area contributed by atoms with Gasteiger partial charge in [0.25, 0.3) is 0 Å². The van der Waals surface area contributed by atoms with Gasteiger partial charge in [0.2, 0.25) is 11.6 Å². The van der Waals surface area contributed by atoms with Gasteiger partial charge in [0, 0.05) is 31.3 Å². The van der Waals surface area contributed by atoms with E-state index >= 15 is 0 Å². The summed E-state index contributed by atoms with van der Waals surface area (Å²) in [6.07, 6.45) is 4.03. The number of rotatable bonds is 7. The van der Waals surface area contributed by atoms with E-state index in [1.807, 2.05) is 32.0 Å². The third-order valence-corrected chi connectivity index (χ3v) is 6.22. The van der Waals surface area contributed by atoms with Crippen LogP contribution >= 0.6 is 0 Å². The molecule has 0 spiro atoms. The number of amides is 1. The molecule has 0 unspecified atom stereocenters. The first kappa shape index (κ1) is 21.9. The minimum absolute atomic E-state index is 0.0765. The third kappa shape index (κ3) is 4.35. The van der Waals surface area contributed by atoms with E-state index in [2.05, 4.69) is 20.2 Å². The molecule has 32 heavy (non-hydrogen) atoms. The smallest absolute Gasteiger partial charge is 0.231 e. The highest BCUT2D eigenvalue weighted by Gasteiger charge is 2.28. The number of methoxy groups -OCH3 is 2.